The van der Waals surface area contributed by atoms with Gasteiger partial charge >= 0.3 is 0 Å². The van der Waals surface area contributed by atoms with E-state index in [1.807, 2.05) is 31.2 Å². The largest absolute Gasteiger partial charge is 0.484 e. The summed E-state index contributed by atoms with van der Waals surface area (Å²) in [5, 5.41) is 2.76. The predicted molar refractivity (Wildman–Crippen MR) is 69.9 cm³/mol. The summed E-state index contributed by atoms with van der Waals surface area (Å²) in [6, 6.07) is 7.59. The number of hydrogen-bond donors (Lipinski definition) is 1. The van der Waals surface area contributed by atoms with Crippen LogP contribution in [0, 0.1) is 6.92 Å². The van der Waals surface area contributed by atoms with E-state index in [4.69, 9.17) is 9.15 Å². The Kier molecular flexibility index (Phi) is 4.55. The van der Waals surface area contributed by atoms with Gasteiger partial charge in [-0.1, -0.05) is 12.1 Å². The molecule has 0 aliphatic carbocycles. The summed E-state index contributed by atoms with van der Waals surface area (Å²) in [5.74, 6) is 0.552. The lowest BCUT2D eigenvalue weighted by atomic mass is 10.2. The highest BCUT2D eigenvalue weighted by molar-refractivity contribution is 5.77. The molecule has 1 N–H and O–H groups in total. The molecule has 0 unspecified atom stereocenters. The Morgan fingerprint density at radius 2 is 2.37 bits per heavy atom. The van der Waals surface area contributed by atoms with Crippen molar-refractivity contribution in [3.63, 3.8) is 0 Å². The molecular weight excluding hydrogens is 244 g/mol. The fourth-order valence-electron chi connectivity index (χ4n) is 1.60. The monoisotopic (exact) mass is 260 g/mol. The fourth-order valence-corrected chi connectivity index (χ4v) is 1.60. The Balaban J connectivity index is 1.67. The van der Waals surface area contributed by atoms with Gasteiger partial charge in [-0.05, 0) is 24.6 Å². The molecule has 1 aromatic carbocycles. The van der Waals surface area contributed by atoms with Gasteiger partial charge < -0.3 is 14.5 Å². The zero-order valence-corrected chi connectivity index (χ0v) is 10.8. The molecule has 0 aliphatic rings. The first-order chi connectivity index (χ1) is 9.24. The maximum Gasteiger partial charge on any atom is 0.257 e. The quantitative estimate of drug-likeness (QED) is 0.859. The lowest BCUT2D eigenvalue weighted by Gasteiger charge is -2.07. The topological polar surface area (TPSA) is 64.4 Å². The summed E-state index contributed by atoms with van der Waals surface area (Å²) in [4.78, 5) is 15.5. The highest BCUT2D eigenvalue weighted by atomic mass is 16.5. The average molecular weight is 260 g/mol. The SMILES string of the molecule is Cc1cccc(OCC(=O)NCCc2cocn2)c1. The molecule has 1 heterocycles. The van der Waals surface area contributed by atoms with Gasteiger partial charge in [0, 0.05) is 13.0 Å². The van der Waals surface area contributed by atoms with Crippen molar-refractivity contribution in [2.45, 2.75) is 13.3 Å². The number of aryl methyl sites for hydroxylation is 1. The molecule has 1 aromatic heterocycles. The van der Waals surface area contributed by atoms with Crippen LogP contribution < -0.4 is 10.1 Å². The van der Waals surface area contributed by atoms with Crippen molar-refractivity contribution < 1.29 is 13.9 Å². The van der Waals surface area contributed by atoms with Gasteiger partial charge in [0.2, 0.25) is 0 Å². The van der Waals surface area contributed by atoms with Crippen molar-refractivity contribution in [3.05, 3.63) is 48.2 Å². The third-order valence-corrected chi connectivity index (χ3v) is 2.55. The third-order valence-electron chi connectivity index (χ3n) is 2.55. The molecule has 2 rings (SSSR count). The highest BCUT2D eigenvalue weighted by Crippen LogP contribution is 2.11. The predicted octanol–water partition coefficient (Wildman–Crippen LogP) is 1.72. The van der Waals surface area contributed by atoms with Gasteiger partial charge in [0.1, 0.15) is 12.0 Å². The molecule has 2 aromatic rings. The van der Waals surface area contributed by atoms with Crippen LogP contribution >= 0.6 is 0 Å². The van der Waals surface area contributed by atoms with E-state index in [1.54, 1.807) is 6.26 Å². The van der Waals surface area contributed by atoms with Crippen molar-refractivity contribution in [1.82, 2.24) is 10.3 Å². The Labute approximate surface area is 111 Å². The molecule has 1 amide bonds. The molecule has 0 atom stereocenters. The lowest BCUT2D eigenvalue weighted by Crippen LogP contribution is -2.30. The van der Waals surface area contributed by atoms with Crippen molar-refractivity contribution in [2.75, 3.05) is 13.2 Å². The van der Waals surface area contributed by atoms with Crippen LogP contribution in [0.2, 0.25) is 0 Å². The molecule has 5 nitrogen and oxygen atoms in total. The van der Waals surface area contributed by atoms with Crippen LogP contribution in [0.4, 0.5) is 0 Å². The van der Waals surface area contributed by atoms with Crippen LogP contribution in [-0.4, -0.2) is 24.0 Å². The first-order valence-electron chi connectivity index (χ1n) is 6.07. The zero-order valence-electron chi connectivity index (χ0n) is 10.8. The second-order valence-corrected chi connectivity index (χ2v) is 4.18. The molecule has 0 saturated heterocycles. The van der Waals surface area contributed by atoms with Crippen LogP contribution in [0.15, 0.2) is 41.3 Å². The molecule has 0 spiro atoms. The first-order valence-corrected chi connectivity index (χ1v) is 6.07. The van der Waals surface area contributed by atoms with Crippen LogP contribution in [0.1, 0.15) is 11.3 Å². The summed E-state index contributed by atoms with van der Waals surface area (Å²) in [6.07, 6.45) is 3.58. The third kappa shape index (κ3) is 4.46. The van der Waals surface area contributed by atoms with E-state index in [9.17, 15) is 4.79 Å². The Morgan fingerprint density at radius 1 is 1.47 bits per heavy atom. The number of rotatable bonds is 6. The summed E-state index contributed by atoms with van der Waals surface area (Å²) < 4.78 is 10.2. The van der Waals surface area contributed by atoms with Gasteiger partial charge in [0.15, 0.2) is 13.0 Å². The van der Waals surface area contributed by atoms with Gasteiger partial charge in [0.05, 0.1) is 5.69 Å². The fraction of sp³-hybridized carbons (Fsp3) is 0.286. The van der Waals surface area contributed by atoms with Crippen LogP contribution in [0.3, 0.4) is 0 Å². The van der Waals surface area contributed by atoms with E-state index in [1.165, 1.54) is 6.39 Å². The van der Waals surface area contributed by atoms with Gasteiger partial charge in [-0.2, -0.15) is 0 Å². The smallest absolute Gasteiger partial charge is 0.257 e. The van der Waals surface area contributed by atoms with E-state index >= 15 is 0 Å². The number of aromatic nitrogens is 1. The molecule has 0 fully saturated rings. The standard InChI is InChI=1S/C14H16N2O3/c1-11-3-2-4-13(7-11)19-9-14(17)15-6-5-12-8-18-10-16-12/h2-4,7-8,10H,5-6,9H2,1H3,(H,15,17). The van der Waals surface area contributed by atoms with Crippen molar-refractivity contribution in [2.24, 2.45) is 0 Å². The summed E-state index contributed by atoms with van der Waals surface area (Å²) in [5.41, 5.74) is 1.92. The van der Waals surface area contributed by atoms with Crippen molar-refractivity contribution in [3.8, 4) is 5.75 Å². The molecule has 0 saturated carbocycles. The van der Waals surface area contributed by atoms with Gasteiger partial charge in [-0.3, -0.25) is 4.79 Å². The molecular formula is C14H16N2O3. The van der Waals surface area contributed by atoms with E-state index < -0.39 is 0 Å². The van der Waals surface area contributed by atoms with E-state index in [0.29, 0.717) is 18.7 Å². The normalized spacial score (nSPS) is 10.2. The number of hydrogen-bond acceptors (Lipinski definition) is 4. The van der Waals surface area contributed by atoms with Crippen LogP contribution in [-0.2, 0) is 11.2 Å². The van der Waals surface area contributed by atoms with Gasteiger partial charge in [-0.25, -0.2) is 4.98 Å². The summed E-state index contributed by atoms with van der Waals surface area (Å²) in [7, 11) is 0. The second-order valence-electron chi connectivity index (χ2n) is 4.18. The molecule has 19 heavy (non-hydrogen) atoms. The number of benzene rings is 1. The Bertz CT molecular complexity index is 523. The van der Waals surface area contributed by atoms with Gasteiger partial charge in [-0.15, -0.1) is 0 Å². The van der Waals surface area contributed by atoms with Crippen molar-refractivity contribution in [1.29, 1.82) is 0 Å². The minimum atomic E-state index is -0.148. The molecule has 0 aliphatic heterocycles. The molecule has 5 heteroatoms. The van der Waals surface area contributed by atoms with Gasteiger partial charge in [0.25, 0.3) is 5.91 Å². The number of carbonyl (C=O) groups excluding carboxylic acids is 1. The lowest BCUT2D eigenvalue weighted by molar-refractivity contribution is -0.123. The van der Waals surface area contributed by atoms with E-state index in [-0.39, 0.29) is 12.5 Å². The number of carbonyl (C=O) groups is 1. The summed E-state index contributed by atoms with van der Waals surface area (Å²) >= 11 is 0. The first kappa shape index (κ1) is 13.1. The van der Waals surface area contributed by atoms with E-state index in [0.717, 1.165) is 11.3 Å². The number of ether oxygens (including phenoxy) is 1. The highest BCUT2D eigenvalue weighted by Gasteiger charge is 2.03. The Morgan fingerprint density at radius 3 is 3.11 bits per heavy atom. The minimum absolute atomic E-state index is 0.0161. The zero-order chi connectivity index (χ0) is 13.5. The number of nitrogens with one attached hydrogen (secondary N) is 1. The molecule has 0 bridgehead atoms. The number of nitrogens with zero attached hydrogens (tertiary/aromatic N) is 1. The number of oxazole rings is 1. The second kappa shape index (κ2) is 6.58. The molecule has 0 radical (unpaired) electrons. The number of amides is 1. The molecule has 100 valence electrons. The Hall–Kier alpha value is -2.30. The maximum atomic E-state index is 11.5. The average Bonchev–Trinajstić information content (AvgIpc) is 2.90. The van der Waals surface area contributed by atoms with Crippen LogP contribution in [0.5, 0.6) is 5.75 Å². The van der Waals surface area contributed by atoms with Crippen LogP contribution in [0.25, 0.3) is 0 Å². The summed E-state index contributed by atoms with van der Waals surface area (Å²) in [6.45, 7) is 2.51. The van der Waals surface area contributed by atoms with E-state index in [2.05, 4.69) is 10.3 Å². The minimum Gasteiger partial charge on any atom is -0.484 e. The maximum absolute atomic E-state index is 11.5. The van der Waals surface area contributed by atoms with Crippen molar-refractivity contribution >= 4 is 5.91 Å².